The van der Waals surface area contributed by atoms with Crippen LogP contribution in [0.1, 0.15) is 18.2 Å². The van der Waals surface area contributed by atoms with Gasteiger partial charge in [-0.2, -0.15) is 0 Å². The summed E-state index contributed by atoms with van der Waals surface area (Å²) in [6, 6.07) is 0.418. The van der Waals surface area contributed by atoms with Gasteiger partial charge in [0.25, 0.3) is 5.56 Å². The van der Waals surface area contributed by atoms with E-state index in [1.54, 1.807) is 4.68 Å². The van der Waals surface area contributed by atoms with Crippen molar-refractivity contribution in [1.82, 2.24) is 15.1 Å². The Morgan fingerprint density at radius 3 is 3.08 bits per heavy atom. The summed E-state index contributed by atoms with van der Waals surface area (Å²) in [6.45, 7) is 2.89. The maximum atomic E-state index is 11.3. The van der Waals surface area contributed by atoms with Gasteiger partial charge in [-0.05, 0) is 13.3 Å². The largest absolute Gasteiger partial charge is 0.308 e. The molecular weight excluding hydrogens is 154 g/mol. The number of nitrogens with one attached hydrogen (secondary N) is 2. The first-order valence-corrected chi connectivity index (χ1v) is 4.18. The van der Waals surface area contributed by atoms with Gasteiger partial charge < -0.3 is 5.32 Å². The third-order valence-corrected chi connectivity index (χ3v) is 2.42. The first-order valence-electron chi connectivity index (χ1n) is 4.18. The molecule has 1 atom stereocenters. The van der Waals surface area contributed by atoms with Gasteiger partial charge in [0.15, 0.2) is 0 Å². The van der Waals surface area contributed by atoms with Gasteiger partial charge in [0.1, 0.15) is 0 Å². The Morgan fingerprint density at radius 1 is 1.58 bits per heavy atom. The highest BCUT2D eigenvalue weighted by Gasteiger charge is 2.20. The Hall–Kier alpha value is -1.03. The van der Waals surface area contributed by atoms with Crippen molar-refractivity contribution in [2.24, 2.45) is 7.05 Å². The van der Waals surface area contributed by atoms with Crippen molar-refractivity contribution in [3.63, 3.8) is 0 Å². The van der Waals surface area contributed by atoms with Crippen LogP contribution >= 0.6 is 0 Å². The molecule has 0 bridgehead atoms. The molecule has 0 saturated heterocycles. The molecule has 2 heterocycles. The van der Waals surface area contributed by atoms with Gasteiger partial charge in [-0.25, -0.2) is 0 Å². The van der Waals surface area contributed by atoms with Gasteiger partial charge in [-0.1, -0.05) is 0 Å². The quantitative estimate of drug-likeness (QED) is 0.559. The zero-order valence-electron chi connectivity index (χ0n) is 7.35. The second-order valence-electron chi connectivity index (χ2n) is 3.41. The third kappa shape index (κ3) is 0.992. The summed E-state index contributed by atoms with van der Waals surface area (Å²) in [5.41, 5.74) is 2.11. The standard InChI is InChI=1S/C8H13N3O/c1-5-3-6-7(4-9-5)11(2)10-8(6)12/h5,9H,3-4H2,1-2H3,(H,10,12). The van der Waals surface area contributed by atoms with Gasteiger partial charge >= 0.3 is 0 Å². The molecule has 0 saturated carbocycles. The molecule has 4 heteroatoms. The van der Waals surface area contributed by atoms with Gasteiger partial charge in [-0.3, -0.25) is 14.6 Å². The number of aromatic nitrogens is 2. The second kappa shape index (κ2) is 2.48. The van der Waals surface area contributed by atoms with E-state index in [1.807, 2.05) is 7.05 Å². The molecule has 0 spiro atoms. The van der Waals surface area contributed by atoms with Crippen molar-refractivity contribution < 1.29 is 0 Å². The molecule has 0 aliphatic carbocycles. The molecule has 1 aliphatic heterocycles. The van der Waals surface area contributed by atoms with E-state index in [0.29, 0.717) is 6.04 Å². The van der Waals surface area contributed by atoms with Crippen LogP contribution in [0.4, 0.5) is 0 Å². The average molecular weight is 167 g/mol. The average Bonchev–Trinajstić information content (AvgIpc) is 2.28. The van der Waals surface area contributed by atoms with Crippen LogP contribution in [0.5, 0.6) is 0 Å². The van der Waals surface area contributed by atoms with E-state index in [-0.39, 0.29) is 5.56 Å². The maximum Gasteiger partial charge on any atom is 0.267 e. The predicted octanol–water partition coefficient (Wildman–Crippen LogP) is -0.252. The van der Waals surface area contributed by atoms with Crippen LogP contribution in [0.15, 0.2) is 4.79 Å². The second-order valence-corrected chi connectivity index (χ2v) is 3.41. The molecule has 1 aromatic rings. The molecule has 1 aliphatic rings. The Kier molecular flexibility index (Phi) is 1.58. The number of fused-ring (bicyclic) bond motifs is 1. The Balaban J connectivity index is 2.52. The molecule has 0 fully saturated rings. The fraction of sp³-hybridized carbons (Fsp3) is 0.625. The normalized spacial score (nSPS) is 22.3. The molecule has 12 heavy (non-hydrogen) atoms. The summed E-state index contributed by atoms with van der Waals surface area (Å²) in [7, 11) is 1.87. The fourth-order valence-electron chi connectivity index (χ4n) is 1.71. The van der Waals surface area contributed by atoms with E-state index in [4.69, 9.17) is 0 Å². The lowest BCUT2D eigenvalue weighted by Gasteiger charge is -2.19. The molecule has 2 N–H and O–H groups in total. The van der Waals surface area contributed by atoms with Gasteiger partial charge in [0.2, 0.25) is 0 Å². The molecule has 0 amide bonds. The van der Waals surface area contributed by atoms with Crippen LogP contribution in [-0.4, -0.2) is 15.8 Å². The van der Waals surface area contributed by atoms with E-state index >= 15 is 0 Å². The van der Waals surface area contributed by atoms with Crippen LogP contribution in [0.25, 0.3) is 0 Å². The van der Waals surface area contributed by atoms with Crippen molar-refractivity contribution >= 4 is 0 Å². The number of nitrogens with zero attached hydrogens (tertiary/aromatic N) is 1. The summed E-state index contributed by atoms with van der Waals surface area (Å²) in [5, 5.41) is 6.07. The number of hydrogen-bond donors (Lipinski definition) is 2. The van der Waals surface area contributed by atoms with Crippen LogP contribution in [0.3, 0.4) is 0 Å². The number of H-pyrrole nitrogens is 1. The van der Waals surface area contributed by atoms with Crippen LogP contribution < -0.4 is 10.9 Å². The highest BCUT2D eigenvalue weighted by Crippen LogP contribution is 2.10. The first kappa shape index (κ1) is 7.61. The number of aryl methyl sites for hydroxylation is 1. The van der Waals surface area contributed by atoms with Gasteiger partial charge in [0.05, 0.1) is 5.69 Å². The summed E-state index contributed by atoms with van der Waals surface area (Å²) in [6.07, 6.45) is 0.839. The molecule has 0 aromatic carbocycles. The zero-order chi connectivity index (χ0) is 8.72. The van der Waals surface area contributed by atoms with E-state index in [1.165, 1.54) is 0 Å². The molecule has 1 aromatic heterocycles. The summed E-state index contributed by atoms with van der Waals surface area (Å²) in [4.78, 5) is 11.3. The molecular formula is C8H13N3O. The van der Waals surface area contributed by atoms with Crippen LogP contribution in [-0.2, 0) is 20.0 Å². The number of aromatic amines is 1. The topological polar surface area (TPSA) is 49.8 Å². The Labute approximate surface area is 70.6 Å². The van der Waals surface area contributed by atoms with Crippen molar-refractivity contribution in [1.29, 1.82) is 0 Å². The van der Waals surface area contributed by atoms with E-state index in [9.17, 15) is 4.79 Å². The van der Waals surface area contributed by atoms with Crippen molar-refractivity contribution in [2.75, 3.05) is 0 Å². The van der Waals surface area contributed by atoms with Crippen LogP contribution in [0.2, 0.25) is 0 Å². The number of hydrogen-bond acceptors (Lipinski definition) is 2. The zero-order valence-corrected chi connectivity index (χ0v) is 7.35. The van der Waals surface area contributed by atoms with Crippen LogP contribution in [0, 0.1) is 0 Å². The SMILES string of the molecule is CC1Cc2c(n(C)[nH]c2=O)CN1. The molecule has 4 nitrogen and oxygen atoms in total. The van der Waals surface area contributed by atoms with Crippen molar-refractivity contribution in [3.05, 3.63) is 21.6 Å². The van der Waals surface area contributed by atoms with E-state index in [2.05, 4.69) is 17.3 Å². The minimum Gasteiger partial charge on any atom is -0.308 e. The molecule has 66 valence electrons. The van der Waals surface area contributed by atoms with Crippen molar-refractivity contribution in [2.45, 2.75) is 25.9 Å². The maximum absolute atomic E-state index is 11.3. The lowest BCUT2D eigenvalue weighted by atomic mass is 10.0. The molecule has 2 rings (SSSR count). The molecule has 1 unspecified atom stereocenters. The summed E-state index contributed by atoms with van der Waals surface area (Å²) in [5.74, 6) is 0. The van der Waals surface area contributed by atoms with Gasteiger partial charge in [0, 0.05) is 25.2 Å². The minimum absolute atomic E-state index is 0.0702. The Bertz CT molecular complexity index is 350. The number of rotatable bonds is 0. The Morgan fingerprint density at radius 2 is 2.33 bits per heavy atom. The molecule has 0 radical (unpaired) electrons. The summed E-state index contributed by atoms with van der Waals surface area (Å²) < 4.78 is 1.80. The lowest BCUT2D eigenvalue weighted by molar-refractivity contribution is 0.493. The lowest BCUT2D eigenvalue weighted by Crippen LogP contribution is -2.34. The fourth-order valence-corrected chi connectivity index (χ4v) is 1.71. The summed E-state index contributed by atoms with van der Waals surface area (Å²) >= 11 is 0. The third-order valence-electron chi connectivity index (χ3n) is 2.42. The van der Waals surface area contributed by atoms with E-state index < -0.39 is 0 Å². The minimum atomic E-state index is 0.0702. The van der Waals surface area contributed by atoms with Gasteiger partial charge in [-0.15, -0.1) is 0 Å². The van der Waals surface area contributed by atoms with Crippen molar-refractivity contribution in [3.8, 4) is 0 Å². The smallest absolute Gasteiger partial charge is 0.267 e. The highest BCUT2D eigenvalue weighted by atomic mass is 16.1. The monoisotopic (exact) mass is 167 g/mol. The highest BCUT2D eigenvalue weighted by molar-refractivity contribution is 5.21. The van der Waals surface area contributed by atoms with E-state index in [0.717, 1.165) is 24.2 Å². The first-order chi connectivity index (χ1) is 5.68. The predicted molar refractivity (Wildman–Crippen MR) is 46.0 cm³/mol.